The average Bonchev–Trinajstić information content (AvgIpc) is 2.59. The number of nitrogen functional groups attached to an aromatic ring is 1. The van der Waals surface area contributed by atoms with Gasteiger partial charge in [0, 0.05) is 11.6 Å². The van der Waals surface area contributed by atoms with Crippen molar-refractivity contribution in [2.24, 2.45) is 0 Å². The lowest BCUT2D eigenvalue weighted by atomic mass is 9.87. The van der Waals surface area contributed by atoms with Gasteiger partial charge in [-0.2, -0.15) is 0 Å². The fraction of sp³-hybridized carbons (Fsp3) is 0.350. The Kier molecular flexibility index (Phi) is 5.10. The number of nitrogens with two attached hydrogens (primary N) is 1. The number of nitrogens with one attached hydrogen (secondary N) is 1. The maximum absolute atomic E-state index is 12.7. The summed E-state index contributed by atoms with van der Waals surface area (Å²) in [7, 11) is 0. The van der Waals surface area contributed by atoms with Gasteiger partial charge in [-0.05, 0) is 54.5 Å². The van der Waals surface area contributed by atoms with Crippen LogP contribution in [0.15, 0.2) is 36.4 Å². The zero-order valence-corrected chi connectivity index (χ0v) is 14.7. The molecule has 3 N–H and O–H groups in total. The summed E-state index contributed by atoms with van der Waals surface area (Å²) in [5, 5.41) is 3.82. The first-order valence-corrected chi connectivity index (χ1v) is 8.92. The zero-order chi connectivity index (χ0) is 17.1. The summed E-state index contributed by atoms with van der Waals surface area (Å²) in [5.74, 6) is 0.00697. The van der Waals surface area contributed by atoms with E-state index >= 15 is 0 Å². The number of benzene rings is 2. The smallest absolute Gasteiger partial charge is 0.251 e. The normalized spacial score (nSPS) is 16.5. The number of fused-ring (bicyclic) bond motifs is 1. The van der Waals surface area contributed by atoms with Crippen molar-refractivity contribution in [2.75, 3.05) is 5.73 Å². The fourth-order valence-electron chi connectivity index (χ4n) is 3.43. The molecule has 0 bridgehead atoms. The highest BCUT2D eigenvalue weighted by Crippen LogP contribution is 2.32. The Bertz CT molecular complexity index is 757. The Morgan fingerprint density at radius 3 is 2.88 bits per heavy atom. The molecule has 2 aromatic carbocycles. The van der Waals surface area contributed by atoms with Crippen molar-refractivity contribution in [3.8, 4) is 0 Å². The van der Waals surface area contributed by atoms with Crippen LogP contribution in [-0.4, -0.2) is 11.9 Å². The van der Waals surface area contributed by atoms with E-state index in [9.17, 15) is 4.79 Å². The maximum Gasteiger partial charge on any atom is 0.251 e. The van der Waals surface area contributed by atoms with Crippen molar-refractivity contribution in [3.05, 3.63) is 63.7 Å². The highest BCUT2D eigenvalue weighted by Gasteiger charge is 2.24. The van der Waals surface area contributed by atoms with Crippen LogP contribution in [0.2, 0.25) is 5.02 Å². The van der Waals surface area contributed by atoms with Crippen LogP contribution in [0.1, 0.15) is 46.8 Å². The Morgan fingerprint density at radius 1 is 1.29 bits per heavy atom. The molecule has 3 rings (SSSR count). The number of amides is 1. The van der Waals surface area contributed by atoms with Crippen LogP contribution in [0.5, 0.6) is 0 Å². The Labute approximate surface area is 148 Å². The van der Waals surface area contributed by atoms with Gasteiger partial charge in [0.1, 0.15) is 0 Å². The highest BCUT2D eigenvalue weighted by atomic mass is 35.5. The van der Waals surface area contributed by atoms with Crippen molar-refractivity contribution in [1.29, 1.82) is 0 Å². The summed E-state index contributed by atoms with van der Waals surface area (Å²) in [6.45, 7) is 2.12. The molecule has 1 aliphatic rings. The molecule has 0 fully saturated rings. The van der Waals surface area contributed by atoms with Crippen molar-refractivity contribution >= 4 is 23.2 Å². The summed E-state index contributed by atoms with van der Waals surface area (Å²) in [5.41, 5.74) is 10.7. The van der Waals surface area contributed by atoms with Gasteiger partial charge in [0.05, 0.1) is 10.7 Å². The van der Waals surface area contributed by atoms with E-state index in [1.54, 1.807) is 0 Å². The van der Waals surface area contributed by atoms with Gasteiger partial charge < -0.3 is 11.1 Å². The van der Waals surface area contributed by atoms with Gasteiger partial charge in [-0.3, -0.25) is 4.79 Å². The Hall–Kier alpha value is -2.00. The Balaban J connectivity index is 1.76. The van der Waals surface area contributed by atoms with Gasteiger partial charge in [0.25, 0.3) is 5.91 Å². The van der Waals surface area contributed by atoms with Gasteiger partial charge in [0.2, 0.25) is 0 Å². The fourth-order valence-corrected chi connectivity index (χ4v) is 3.69. The molecule has 2 aromatic rings. The number of aryl methyl sites for hydroxylation is 2. The number of hydrogen-bond acceptors (Lipinski definition) is 2. The molecule has 4 heteroatoms. The minimum atomic E-state index is 0.00697. The molecule has 3 nitrogen and oxygen atoms in total. The molecule has 24 heavy (non-hydrogen) atoms. The first-order chi connectivity index (χ1) is 11.6. The molecular weight excluding hydrogens is 320 g/mol. The lowest BCUT2D eigenvalue weighted by molar-refractivity contribution is 0.0932. The second-order valence-electron chi connectivity index (χ2n) is 6.43. The van der Waals surface area contributed by atoms with E-state index in [1.165, 1.54) is 5.56 Å². The standard InChI is InChI=1S/C20H23ClN2O/c1-2-5-13-6-3-4-7-16(13)20(24)23-15-10-8-14-9-11-18(22)19(21)17(14)12-15/h3-4,6-7,9,11,15H,2,5,8,10,12,22H2,1H3,(H,23,24). The van der Waals surface area contributed by atoms with Gasteiger partial charge in [-0.15, -0.1) is 0 Å². The van der Waals surface area contributed by atoms with E-state index in [2.05, 4.69) is 12.2 Å². The molecule has 1 amide bonds. The summed E-state index contributed by atoms with van der Waals surface area (Å²) in [6.07, 6.45) is 4.52. The number of halogens is 1. The quantitative estimate of drug-likeness (QED) is 0.819. The second kappa shape index (κ2) is 7.27. The first kappa shape index (κ1) is 16.8. The highest BCUT2D eigenvalue weighted by molar-refractivity contribution is 6.34. The molecule has 1 unspecified atom stereocenters. The Morgan fingerprint density at radius 2 is 2.08 bits per heavy atom. The number of anilines is 1. The number of hydrogen-bond donors (Lipinski definition) is 2. The lowest BCUT2D eigenvalue weighted by Gasteiger charge is -2.27. The van der Waals surface area contributed by atoms with Crippen LogP contribution < -0.4 is 11.1 Å². The molecule has 0 radical (unpaired) electrons. The van der Waals surface area contributed by atoms with E-state index in [0.717, 1.165) is 48.8 Å². The second-order valence-corrected chi connectivity index (χ2v) is 6.80. The number of carbonyl (C=O) groups is 1. The number of rotatable bonds is 4. The van der Waals surface area contributed by atoms with Gasteiger partial charge in [-0.1, -0.05) is 49.2 Å². The maximum atomic E-state index is 12.7. The van der Waals surface area contributed by atoms with Crippen molar-refractivity contribution in [2.45, 2.75) is 45.1 Å². The monoisotopic (exact) mass is 342 g/mol. The van der Waals surface area contributed by atoms with Gasteiger partial charge in [0.15, 0.2) is 0 Å². The van der Waals surface area contributed by atoms with Crippen LogP contribution in [0.25, 0.3) is 0 Å². The van der Waals surface area contributed by atoms with Crippen molar-refractivity contribution < 1.29 is 4.79 Å². The summed E-state index contributed by atoms with van der Waals surface area (Å²) >= 11 is 6.36. The van der Waals surface area contributed by atoms with E-state index in [0.29, 0.717) is 10.7 Å². The van der Waals surface area contributed by atoms with Crippen molar-refractivity contribution in [3.63, 3.8) is 0 Å². The molecule has 0 saturated heterocycles. The molecule has 0 heterocycles. The molecule has 0 saturated carbocycles. The first-order valence-electron chi connectivity index (χ1n) is 8.54. The van der Waals surface area contributed by atoms with Crippen molar-refractivity contribution in [1.82, 2.24) is 5.32 Å². The summed E-state index contributed by atoms with van der Waals surface area (Å²) in [4.78, 5) is 12.7. The summed E-state index contributed by atoms with van der Waals surface area (Å²) in [6, 6.07) is 11.8. The largest absolute Gasteiger partial charge is 0.398 e. The summed E-state index contributed by atoms with van der Waals surface area (Å²) < 4.78 is 0. The van der Waals surface area contributed by atoms with Crippen LogP contribution in [-0.2, 0) is 19.3 Å². The van der Waals surface area contributed by atoms with Gasteiger partial charge in [-0.25, -0.2) is 0 Å². The van der Waals surface area contributed by atoms with E-state index < -0.39 is 0 Å². The molecule has 1 aliphatic carbocycles. The van der Waals surface area contributed by atoms with Crippen LogP contribution in [0.3, 0.4) is 0 Å². The zero-order valence-electron chi connectivity index (χ0n) is 13.9. The minimum Gasteiger partial charge on any atom is -0.398 e. The van der Waals surface area contributed by atoms with E-state index in [1.807, 2.05) is 36.4 Å². The molecule has 0 aromatic heterocycles. The SMILES string of the molecule is CCCc1ccccc1C(=O)NC1CCc2ccc(N)c(Cl)c2C1. The topological polar surface area (TPSA) is 55.1 Å². The molecule has 0 spiro atoms. The molecule has 0 aliphatic heterocycles. The predicted molar refractivity (Wildman–Crippen MR) is 99.6 cm³/mol. The molecule has 1 atom stereocenters. The number of carbonyl (C=O) groups excluding carboxylic acids is 1. The third kappa shape index (κ3) is 3.41. The van der Waals surface area contributed by atoms with Crippen LogP contribution >= 0.6 is 11.6 Å². The molecular formula is C20H23ClN2O. The predicted octanol–water partition coefficient (Wildman–Crippen LogP) is 4.16. The van der Waals surface area contributed by atoms with Crippen LogP contribution in [0.4, 0.5) is 5.69 Å². The third-order valence-electron chi connectivity index (χ3n) is 4.70. The van der Waals surface area contributed by atoms with Gasteiger partial charge >= 0.3 is 0 Å². The lowest BCUT2D eigenvalue weighted by Crippen LogP contribution is -2.39. The van der Waals surface area contributed by atoms with E-state index in [4.69, 9.17) is 17.3 Å². The molecule has 126 valence electrons. The van der Waals surface area contributed by atoms with Crippen LogP contribution in [0, 0.1) is 0 Å². The minimum absolute atomic E-state index is 0.00697. The third-order valence-corrected chi connectivity index (χ3v) is 5.15. The average molecular weight is 343 g/mol. The van der Waals surface area contributed by atoms with E-state index in [-0.39, 0.29) is 11.9 Å².